The van der Waals surface area contributed by atoms with Crippen LogP contribution in [0.25, 0.3) is 0 Å². The van der Waals surface area contributed by atoms with Gasteiger partial charge in [0.05, 0.1) is 13.0 Å². The van der Waals surface area contributed by atoms with E-state index < -0.39 is 0 Å². The summed E-state index contributed by atoms with van der Waals surface area (Å²) in [5.74, 6) is 1.79. The fraction of sp³-hybridized carbons (Fsp3) is 0.435. The zero-order valence-corrected chi connectivity index (χ0v) is 16.8. The van der Waals surface area contributed by atoms with Crippen molar-refractivity contribution in [2.45, 2.75) is 24.8 Å². The van der Waals surface area contributed by atoms with Gasteiger partial charge in [0.2, 0.25) is 12.7 Å². The summed E-state index contributed by atoms with van der Waals surface area (Å²) in [6.45, 7) is 3.66. The van der Waals surface area contributed by atoms with Gasteiger partial charge in [-0.05, 0) is 36.2 Å². The Bertz CT molecular complexity index is 827. The number of hydrogen-bond acceptors (Lipinski definition) is 5. The molecular weight excluding hydrogens is 368 g/mol. The van der Waals surface area contributed by atoms with Crippen molar-refractivity contribution in [3.63, 3.8) is 0 Å². The lowest BCUT2D eigenvalue weighted by atomic mass is 9.85. The van der Waals surface area contributed by atoms with Gasteiger partial charge in [0.15, 0.2) is 11.5 Å². The number of fused-ring (bicyclic) bond motifs is 1. The van der Waals surface area contributed by atoms with Gasteiger partial charge >= 0.3 is 0 Å². The molecule has 6 nitrogen and oxygen atoms in total. The normalized spacial score (nSPS) is 21.1. The molecule has 0 aliphatic carbocycles. The minimum Gasteiger partial charge on any atom is -0.454 e. The van der Waals surface area contributed by atoms with Crippen molar-refractivity contribution in [2.24, 2.45) is 0 Å². The lowest BCUT2D eigenvalue weighted by Gasteiger charge is -2.39. The van der Waals surface area contributed by atoms with Gasteiger partial charge in [-0.3, -0.25) is 9.69 Å². The number of nitrogens with one attached hydrogen (secondary N) is 1. The average molecular weight is 396 g/mol. The number of amides is 1. The topological polar surface area (TPSA) is 60.0 Å². The second-order valence-corrected chi connectivity index (χ2v) is 7.64. The third-order valence-corrected chi connectivity index (χ3v) is 5.68. The first-order chi connectivity index (χ1) is 14.2. The van der Waals surface area contributed by atoms with E-state index >= 15 is 0 Å². The highest BCUT2D eigenvalue weighted by atomic mass is 16.7. The SMILES string of the molecule is COCCN1CC[C@@H](c2ccccc2)[C@@H](NC(=O)Cc2ccc3c(c2)OCO3)C1. The van der Waals surface area contributed by atoms with Crippen LogP contribution in [0.5, 0.6) is 11.5 Å². The summed E-state index contributed by atoms with van der Waals surface area (Å²) in [7, 11) is 1.72. The van der Waals surface area contributed by atoms with Gasteiger partial charge < -0.3 is 19.5 Å². The zero-order valence-electron chi connectivity index (χ0n) is 16.8. The highest BCUT2D eigenvalue weighted by molar-refractivity contribution is 5.79. The van der Waals surface area contributed by atoms with E-state index in [1.165, 1.54) is 5.56 Å². The predicted molar refractivity (Wildman–Crippen MR) is 110 cm³/mol. The number of carbonyl (C=O) groups is 1. The summed E-state index contributed by atoms with van der Waals surface area (Å²) in [5, 5.41) is 3.30. The molecule has 154 valence electrons. The summed E-state index contributed by atoms with van der Waals surface area (Å²) >= 11 is 0. The van der Waals surface area contributed by atoms with E-state index in [2.05, 4.69) is 34.5 Å². The van der Waals surface area contributed by atoms with Crippen molar-refractivity contribution in [1.82, 2.24) is 10.2 Å². The third-order valence-electron chi connectivity index (χ3n) is 5.68. The number of methoxy groups -OCH3 is 1. The molecule has 1 amide bonds. The Balaban J connectivity index is 1.43. The smallest absolute Gasteiger partial charge is 0.231 e. The molecule has 0 radical (unpaired) electrons. The number of hydrogen-bond donors (Lipinski definition) is 1. The Morgan fingerprint density at radius 2 is 2.00 bits per heavy atom. The fourth-order valence-electron chi connectivity index (χ4n) is 4.18. The zero-order chi connectivity index (χ0) is 20.1. The molecule has 2 aromatic carbocycles. The van der Waals surface area contributed by atoms with Crippen LogP contribution < -0.4 is 14.8 Å². The number of benzene rings is 2. The standard InChI is InChI=1S/C23H28N2O4/c1-27-12-11-25-10-9-19(18-5-3-2-4-6-18)20(15-25)24-23(26)14-17-7-8-21-22(13-17)29-16-28-21/h2-8,13,19-20H,9-12,14-16H2,1H3,(H,24,26)/t19-,20-/m0/s1. The fourth-order valence-corrected chi connectivity index (χ4v) is 4.18. The van der Waals surface area contributed by atoms with Crippen LogP contribution >= 0.6 is 0 Å². The van der Waals surface area contributed by atoms with E-state index in [1.807, 2.05) is 24.3 Å². The van der Waals surface area contributed by atoms with Crippen molar-refractivity contribution < 1.29 is 19.0 Å². The van der Waals surface area contributed by atoms with Crippen LogP contribution in [-0.4, -0.2) is 57.0 Å². The molecule has 29 heavy (non-hydrogen) atoms. The molecule has 1 N–H and O–H groups in total. The number of likely N-dealkylation sites (tertiary alicyclic amines) is 1. The number of ether oxygens (including phenoxy) is 3. The van der Waals surface area contributed by atoms with Crippen LogP contribution in [0.15, 0.2) is 48.5 Å². The lowest BCUT2D eigenvalue weighted by molar-refractivity contribution is -0.121. The monoisotopic (exact) mass is 396 g/mol. The van der Waals surface area contributed by atoms with Crippen molar-refractivity contribution in [3.8, 4) is 11.5 Å². The van der Waals surface area contributed by atoms with Gasteiger partial charge in [-0.15, -0.1) is 0 Å². The molecule has 0 unspecified atom stereocenters. The lowest BCUT2D eigenvalue weighted by Crippen LogP contribution is -2.52. The molecule has 2 aliphatic rings. The maximum absolute atomic E-state index is 12.9. The summed E-state index contributed by atoms with van der Waals surface area (Å²) in [4.78, 5) is 15.2. The van der Waals surface area contributed by atoms with Crippen molar-refractivity contribution in [1.29, 1.82) is 0 Å². The second kappa shape index (κ2) is 9.29. The minimum absolute atomic E-state index is 0.0309. The average Bonchev–Trinajstić information content (AvgIpc) is 3.21. The summed E-state index contributed by atoms with van der Waals surface area (Å²) in [5.41, 5.74) is 2.21. The molecule has 2 aliphatic heterocycles. The Labute approximate surface area is 171 Å². The molecule has 1 saturated heterocycles. The van der Waals surface area contributed by atoms with Gasteiger partial charge in [-0.2, -0.15) is 0 Å². The molecule has 0 spiro atoms. The van der Waals surface area contributed by atoms with Crippen LogP contribution in [-0.2, 0) is 16.0 Å². The molecule has 0 aromatic heterocycles. The minimum atomic E-state index is 0.0309. The van der Waals surface area contributed by atoms with E-state index in [0.717, 1.165) is 37.4 Å². The first-order valence-corrected chi connectivity index (χ1v) is 10.2. The van der Waals surface area contributed by atoms with E-state index in [0.29, 0.717) is 24.7 Å². The first kappa shape index (κ1) is 19.7. The highest BCUT2D eigenvalue weighted by Gasteiger charge is 2.31. The molecule has 2 atom stereocenters. The van der Waals surface area contributed by atoms with Crippen LogP contribution in [0.1, 0.15) is 23.5 Å². The number of nitrogens with zero attached hydrogens (tertiary/aromatic N) is 1. The maximum atomic E-state index is 12.9. The Kier molecular flexibility index (Phi) is 6.32. The van der Waals surface area contributed by atoms with Gasteiger partial charge in [0, 0.05) is 32.2 Å². The molecular formula is C23H28N2O4. The number of rotatable bonds is 7. The van der Waals surface area contributed by atoms with Crippen LogP contribution in [0.2, 0.25) is 0 Å². The second-order valence-electron chi connectivity index (χ2n) is 7.64. The molecule has 4 rings (SSSR count). The Hall–Kier alpha value is -2.57. The van der Waals surface area contributed by atoms with E-state index in [9.17, 15) is 4.79 Å². The van der Waals surface area contributed by atoms with E-state index in [-0.39, 0.29) is 18.7 Å². The van der Waals surface area contributed by atoms with Crippen LogP contribution in [0.3, 0.4) is 0 Å². The largest absolute Gasteiger partial charge is 0.454 e. The Morgan fingerprint density at radius 3 is 2.83 bits per heavy atom. The van der Waals surface area contributed by atoms with Crippen molar-refractivity contribution in [3.05, 3.63) is 59.7 Å². The molecule has 2 heterocycles. The molecule has 1 fully saturated rings. The van der Waals surface area contributed by atoms with Crippen LogP contribution in [0.4, 0.5) is 0 Å². The first-order valence-electron chi connectivity index (χ1n) is 10.2. The number of carbonyl (C=O) groups excluding carboxylic acids is 1. The van der Waals surface area contributed by atoms with Gasteiger partial charge in [-0.25, -0.2) is 0 Å². The summed E-state index contributed by atoms with van der Waals surface area (Å²) in [6, 6.07) is 16.2. The van der Waals surface area contributed by atoms with Crippen LogP contribution in [0, 0.1) is 0 Å². The molecule has 0 saturated carbocycles. The van der Waals surface area contributed by atoms with Crippen molar-refractivity contribution in [2.75, 3.05) is 40.1 Å². The third kappa shape index (κ3) is 4.89. The predicted octanol–water partition coefficient (Wildman–Crippen LogP) is 2.58. The number of piperidine rings is 1. The van der Waals surface area contributed by atoms with Gasteiger partial charge in [-0.1, -0.05) is 36.4 Å². The van der Waals surface area contributed by atoms with Gasteiger partial charge in [0.1, 0.15) is 0 Å². The molecule has 2 aromatic rings. The van der Waals surface area contributed by atoms with Gasteiger partial charge in [0.25, 0.3) is 0 Å². The van der Waals surface area contributed by atoms with E-state index in [4.69, 9.17) is 14.2 Å². The van der Waals surface area contributed by atoms with Crippen molar-refractivity contribution >= 4 is 5.91 Å². The Morgan fingerprint density at radius 1 is 1.17 bits per heavy atom. The highest BCUT2D eigenvalue weighted by Crippen LogP contribution is 2.33. The van der Waals surface area contributed by atoms with E-state index in [1.54, 1.807) is 7.11 Å². The quantitative estimate of drug-likeness (QED) is 0.780. The summed E-state index contributed by atoms with van der Waals surface area (Å²) in [6.07, 6.45) is 1.34. The maximum Gasteiger partial charge on any atom is 0.231 e. The summed E-state index contributed by atoms with van der Waals surface area (Å²) < 4.78 is 16.0. The molecule has 0 bridgehead atoms. The molecule has 6 heteroatoms.